The predicted molar refractivity (Wildman–Crippen MR) is 64.6 cm³/mol. The maximum Gasteiger partial charge on any atom is 0.0586 e. The largest absolute Gasteiger partial charge is 0.395 e. The normalized spacial score (nSPS) is 28.8. The van der Waals surface area contributed by atoms with Crippen molar-refractivity contribution in [2.75, 3.05) is 19.7 Å². The molecule has 1 aliphatic carbocycles. The van der Waals surface area contributed by atoms with Gasteiger partial charge in [0.25, 0.3) is 0 Å². The molecule has 1 fully saturated rings. The second-order valence-electron chi connectivity index (χ2n) is 5.07. The first-order valence-corrected chi connectivity index (χ1v) is 6.31. The molecule has 2 atom stereocenters. The van der Waals surface area contributed by atoms with Crippen molar-refractivity contribution in [1.29, 1.82) is 0 Å². The van der Waals surface area contributed by atoms with E-state index >= 15 is 0 Å². The summed E-state index contributed by atoms with van der Waals surface area (Å²) in [5.74, 6) is 0.711. The molecule has 1 saturated heterocycles. The van der Waals surface area contributed by atoms with Crippen LogP contribution in [-0.4, -0.2) is 35.7 Å². The maximum absolute atomic E-state index is 9.29. The molecule has 0 amide bonds. The Balaban J connectivity index is 1.65. The number of rotatable bonds is 3. The van der Waals surface area contributed by atoms with E-state index in [2.05, 4.69) is 29.2 Å². The van der Waals surface area contributed by atoms with Crippen molar-refractivity contribution >= 4 is 0 Å². The number of aliphatic hydroxyl groups excluding tert-OH is 1. The summed E-state index contributed by atoms with van der Waals surface area (Å²) in [6.45, 7) is 2.64. The summed E-state index contributed by atoms with van der Waals surface area (Å²) >= 11 is 0. The lowest BCUT2D eigenvalue weighted by Crippen LogP contribution is -2.38. The quantitative estimate of drug-likeness (QED) is 0.834. The van der Waals surface area contributed by atoms with Gasteiger partial charge >= 0.3 is 0 Å². The highest BCUT2D eigenvalue weighted by atomic mass is 16.3. The van der Waals surface area contributed by atoms with E-state index in [9.17, 15) is 5.11 Å². The summed E-state index contributed by atoms with van der Waals surface area (Å²) in [7, 11) is 0. The molecule has 16 heavy (non-hydrogen) atoms. The van der Waals surface area contributed by atoms with Crippen LogP contribution < -0.4 is 0 Å². The van der Waals surface area contributed by atoms with Gasteiger partial charge < -0.3 is 5.11 Å². The first-order chi connectivity index (χ1) is 7.88. The van der Waals surface area contributed by atoms with Crippen LogP contribution in [0.1, 0.15) is 29.9 Å². The van der Waals surface area contributed by atoms with Crippen LogP contribution >= 0.6 is 0 Å². The summed E-state index contributed by atoms with van der Waals surface area (Å²) in [5, 5.41) is 9.29. The van der Waals surface area contributed by atoms with Crippen molar-refractivity contribution in [3.05, 3.63) is 35.4 Å². The standard InChI is InChI=1S/C14H19NO/c16-10-13-5-3-7-15(13)9-12-8-11-4-1-2-6-14(11)12/h1-2,4,6,12-13,16H,3,5,7-10H2. The van der Waals surface area contributed by atoms with Gasteiger partial charge in [0.15, 0.2) is 0 Å². The molecule has 2 unspecified atom stereocenters. The van der Waals surface area contributed by atoms with Gasteiger partial charge in [-0.1, -0.05) is 24.3 Å². The fourth-order valence-corrected chi connectivity index (χ4v) is 3.15. The summed E-state index contributed by atoms with van der Waals surface area (Å²) < 4.78 is 0. The highest BCUT2D eigenvalue weighted by Gasteiger charge is 2.31. The van der Waals surface area contributed by atoms with Gasteiger partial charge in [-0.2, -0.15) is 0 Å². The van der Waals surface area contributed by atoms with Gasteiger partial charge in [-0.3, -0.25) is 4.90 Å². The molecule has 0 saturated carbocycles. The van der Waals surface area contributed by atoms with E-state index in [4.69, 9.17) is 0 Å². The van der Waals surface area contributed by atoms with E-state index < -0.39 is 0 Å². The highest BCUT2D eigenvalue weighted by molar-refractivity contribution is 5.40. The maximum atomic E-state index is 9.29. The van der Waals surface area contributed by atoms with Crippen LogP contribution in [0.5, 0.6) is 0 Å². The van der Waals surface area contributed by atoms with Crippen LogP contribution in [0.2, 0.25) is 0 Å². The number of fused-ring (bicyclic) bond motifs is 1. The third kappa shape index (κ3) is 1.66. The van der Waals surface area contributed by atoms with E-state index in [1.807, 2.05) is 0 Å². The van der Waals surface area contributed by atoms with Gasteiger partial charge in [0.05, 0.1) is 6.61 Å². The molecular formula is C14H19NO. The zero-order valence-corrected chi connectivity index (χ0v) is 9.60. The lowest BCUT2D eigenvalue weighted by Gasteiger charge is -2.35. The Hall–Kier alpha value is -0.860. The summed E-state index contributed by atoms with van der Waals surface area (Å²) in [6.07, 6.45) is 3.65. The number of hydrogen-bond acceptors (Lipinski definition) is 2. The highest BCUT2D eigenvalue weighted by Crippen LogP contribution is 2.36. The molecular weight excluding hydrogens is 198 g/mol. The minimum Gasteiger partial charge on any atom is -0.395 e. The summed E-state index contributed by atoms with van der Waals surface area (Å²) in [6, 6.07) is 9.18. The van der Waals surface area contributed by atoms with Crippen LogP contribution in [0, 0.1) is 0 Å². The van der Waals surface area contributed by atoms with Crippen LogP contribution in [-0.2, 0) is 6.42 Å². The van der Waals surface area contributed by atoms with E-state index in [0.29, 0.717) is 18.6 Å². The molecule has 1 N–H and O–H groups in total. The molecule has 0 bridgehead atoms. The average Bonchev–Trinajstić information content (AvgIpc) is 2.73. The molecule has 1 aromatic rings. The van der Waals surface area contributed by atoms with Crippen molar-refractivity contribution in [3.8, 4) is 0 Å². The Labute approximate surface area is 96.9 Å². The fourth-order valence-electron chi connectivity index (χ4n) is 3.15. The van der Waals surface area contributed by atoms with Crippen molar-refractivity contribution in [1.82, 2.24) is 4.90 Å². The molecule has 2 heteroatoms. The zero-order valence-electron chi connectivity index (χ0n) is 9.60. The van der Waals surface area contributed by atoms with Gasteiger partial charge in [-0.15, -0.1) is 0 Å². The molecule has 1 aromatic carbocycles. The first-order valence-electron chi connectivity index (χ1n) is 6.31. The second kappa shape index (κ2) is 4.19. The number of nitrogens with zero attached hydrogens (tertiary/aromatic N) is 1. The minimum absolute atomic E-state index is 0.328. The van der Waals surface area contributed by atoms with Gasteiger partial charge in [0.2, 0.25) is 0 Å². The van der Waals surface area contributed by atoms with E-state index in [0.717, 1.165) is 6.54 Å². The lowest BCUT2D eigenvalue weighted by atomic mass is 9.77. The molecule has 0 aromatic heterocycles. The monoisotopic (exact) mass is 217 g/mol. The SMILES string of the molecule is OCC1CCCN1CC1Cc2ccccc21. The molecule has 0 radical (unpaired) electrons. The zero-order chi connectivity index (χ0) is 11.0. The smallest absolute Gasteiger partial charge is 0.0586 e. The van der Waals surface area contributed by atoms with Crippen molar-refractivity contribution in [2.24, 2.45) is 0 Å². The molecule has 3 rings (SSSR count). The van der Waals surface area contributed by atoms with E-state index in [-0.39, 0.29) is 0 Å². The Morgan fingerprint density at radius 3 is 3.00 bits per heavy atom. The van der Waals surface area contributed by atoms with Crippen LogP contribution in [0.4, 0.5) is 0 Å². The number of hydrogen-bond donors (Lipinski definition) is 1. The first kappa shape index (κ1) is 10.3. The number of aliphatic hydroxyl groups is 1. The van der Waals surface area contributed by atoms with Crippen LogP contribution in [0.3, 0.4) is 0 Å². The Bertz CT molecular complexity index is 377. The van der Waals surface area contributed by atoms with Gasteiger partial charge in [0.1, 0.15) is 0 Å². The summed E-state index contributed by atoms with van der Waals surface area (Å²) in [4.78, 5) is 2.47. The Morgan fingerprint density at radius 1 is 1.31 bits per heavy atom. The Kier molecular flexibility index (Phi) is 2.70. The van der Waals surface area contributed by atoms with Crippen molar-refractivity contribution in [3.63, 3.8) is 0 Å². The van der Waals surface area contributed by atoms with Gasteiger partial charge in [-0.25, -0.2) is 0 Å². The number of benzene rings is 1. The topological polar surface area (TPSA) is 23.5 Å². The molecule has 86 valence electrons. The summed E-state index contributed by atoms with van der Waals surface area (Å²) in [5.41, 5.74) is 3.05. The predicted octanol–water partition coefficient (Wildman–Crippen LogP) is 1.78. The number of likely N-dealkylation sites (tertiary alicyclic amines) is 1. The van der Waals surface area contributed by atoms with E-state index in [1.165, 1.54) is 36.9 Å². The lowest BCUT2D eigenvalue weighted by molar-refractivity contribution is 0.149. The van der Waals surface area contributed by atoms with E-state index in [1.54, 1.807) is 0 Å². The van der Waals surface area contributed by atoms with Crippen molar-refractivity contribution in [2.45, 2.75) is 31.2 Å². The minimum atomic E-state index is 0.328. The Morgan fingerprint density at radius 2 is 2.19 bits per heavy atom. The van der Waals surface area contributed by atoms with Gasteiger partial charge in [-0.05, 0) is 36.9 Å². The third-order valence-electron chi connectivity index (χ3n) is 4.13. The fraction of sp³-hybridized carbons (Fsp3) is 0.571. The van der Waals surface area contributed by atoms with Crippen LogP contribution in [0.25, 0.3) is 0 Å². The molecule has 0 spiro atoms. The second-order valence-corrected chi connectivity index (χ2v) is 5.07. The molecule has 1 aliphatic heterocycles. The average molecular weight is 217 g/mol. The molecule has 2 aliphatic rings. The van der Waals surface area contributed by atoms with Crippen LogP contribution in [0.15, 0.2) is 24.3 Å². The molecule has 2 nitrogen and oxygen atoms in total. The van der Waals surface area contributed by atoms with Crippen molar-refractivity contribution < 1.29 is 5.11 Å². The molecule has 1 heterocycles. The third-order valence-corrected chi connectivity index (χ3v) is 4.13. The van der Waals surface area contributed by atoms with Gasteiger partial charge in [0, 0.05) is 18.5 Å².